The van der Waals surface area contributed by atoms with Gasteiger partial charge >= 0.3 is 17.1 Å². The Morgan fingerprint density at radius 1 is 0.792 bits per heavy atom. The van der Waals surface area contributed by atoms with Gasteiger partial charge < -0.3 is 18.9 Å². The topological polar surface area (TPSA) is 103 Å². The van der Waals surface area contributed by atoms with Crippen LogP contribution in [0.3, 0.4) is 0 Å². The number of allylic oxidation sites excluding steroid dienone is 1. The van der Waals surface area contributed by atoms with Crippen LogP contribution in [-0.2, 0) is 39.0 Å². The lowest BCUT2D eigenvalue weighted by atomic mass is 10.6. The molecular formula is C14H23N3O7. The molecule has 0 radical (unpaired) electrons. The molecule has 1 rings (SSSR count). The van der Waals surface area contributed by atoms with E-state index < -0.39 is 17.1 Å². The Hall–Kier alpha value is -2.01. The summed E-state index contributed by atoms with van der Waals surface area (Å²) in [5, 5.41) is 0. The predicted molar refractivity (Wildman–Crippen MR) is 85.1 cm³/mol. The number of nitrogens with zero attached hydrogens (tertiary/aromatic N) is 3. The first-order valence-electron chi connectivity index (χ1n) is 7.27. The Bertz CT molecular complexity index is 639. The Kier molecular flexibility index (Phi) is 8.94. The lowest BCUT2D eigenvalue weighted by Gasteiger charge is -2.13. The third-order valence-corrected chi connectivity index (χ3v) is 3.00. The number of hydrogen-bond donors (Lipinski definition) is 0. The molecule has 0 saturated carbocycles. The first-order valence-corrected chi connectivity index (χ1v) is 7.27. The second-order valence-corrected chi connectivity index (χ2v) is 4.66. The summed E-state index contributed by atoms with van der Waals surface area (Å²) in [4.78, 5) is 36.9. The number of rotatable bonds is 12. The highest BCUT2D eigenvalue weighted by Gasteiger charge is 2.14. The van der Waals surface area contributed by atoms with Crippen LogP contribution in [0.2, 0.25) is 0 Å². The van der Waals surface area contributed by atoms with Crippen LogP contribution in [0.1, 0.15) is 0 Å². The largest absolute Gasteiger partial charge is 0.382 e. The molecule has 136 valence electrons. The average Bonchev–Trinajstić information content (AvgIpc) is 2.57. The van der Waals surface area contributed by atoms with Crippen LogP contribution < -0.4 is 17.1 Å². The van der Waals surface area contributed by atoms with Crippen LogP contribution in [0.15, 0.2) is 27.0 Å². The van der Waals surface area contributed by atoms with Gasteiger partial charge in [0.2, 0.25) is 0 Å². The molecule has 0 fully saturated rings. The third-order valence-electron chi connectivity index (χ3n) is 3.00. The van der Waals surface area contributed by atoms with Crippen LogP contribution >= 0.6 is 0 Å². The van der Waals surface area contributed by atoms with Gasteiger partial charge in [-0.15, -0.1) is 6.58 Å². The van der Waals surface area contributed by atoms with E-state index in [2.05, 4.69) is 6.58 Å². The SMILES string of the molecule is C=CCn1c(=O)n(COCCOC)c(=O)n(COCCOC)c1=O. The predicted octanol–water partition coefficient (Wildman–Crippen LogP) is -1.40. The number of aromatic nitrogens is 3. The van der Waals surface area contributed by atoms with E-state index in [0.717, 1.165) is 13.7 Å². The van der Waals surface area contributed by atoms with E-state index in [9.17, 15) is 14.4 Å². The van der Waals surface area contributed by atoms with Crippen LogP contribution in [0, 0.1) is 0 Å². The summed E-state index contributed by atoms with van der Waals surface area (Å²) < 4.78 is 22.6. The molecule has 1 heterocycles. The molecule has 0 aliphatic heterocycles. The van der Waals surface area contributed by atoms with Gasteiger partial charge in [-0.2, -0.15) is 0 Å². The number of methoxy groups -OCH3 is 2. The normalized spacial score (nSPS) is 10.9. The summed E-state index contributed by atoms with van der Waals surface area (Å²) in [6, 6.07) is 0. The van der Waals surface area contributed by atoms with Gasteiger partial charge in [-0.3, -0.25) is 0 Å². The maximum absolute atomic E-state index is 12.4. The van der Waals surface area contributed by atoms with Crippen molar-refractivity contribution in [1.82, 2.24) is 13.7 Å². The summed E-state index contributed by atoms with van der Waals surface area (Å²) >= 11 is 0. The van der Waals surface area contributed by atoms with Crippen molar-refractivity contribution in [3.8, 4) is 0 Å². The van der Waals surface area contributed by atoms with Gasteiger partial charge in [0, 0.05) is 14.2 Å². The second kappa shape index (κ2) is 10.7. The fourth-order valence-electron chi connectivity index (χ4n) is 1.78. The highest BCUT2D eigenvalue weighted by molar-refractivity contribution is 4.81. The summed E-state index contributed by atoms with van der Waals surface area (Å²) in [5.74, 6) is 0. The molecule has 0 saturated heterocycles. The molecule has 0 N–H and O–H groups in total. The second-order valence-electron chi connectivity index (χ2n) is 4.66. The molecule has 0 spiro atoms. The molecule has 0 bridgehead atoms. The Labute approximate surface area is 138 Å². The molecule has 0 aromatic carbocycles. The van der Waals surface area contributed by atoms with Gasteiger partial charge in [0.25, 0.3) is 0 Å². The first kappa shape index (κ1) is 20.0. The van der Waals surface area contributed by atoms with Gasteiger partial charge in [-0.1, -0.05) is 6.08 Å². The van der Waals surface area contributed by atoms with Crippen molar-refractivity contribution in [2.75, 3.05) is 40.6 Å². The van der Waals surface area contributed by atoms with Gasteiger partial charge in [-0.05, 0) is 0 Å². The molecule has 1 aromatic rings. The van der Waals surface area contributed by atoms with Gasteiger partial charge in [0.15, 0.2) is 0 Å². The highest BCUT2D eigenvalue weighted by Crippen LogP contribution is 1.84. The molecule has 0 aliphatic rings. The highest BCUT2D eigenvalue weighted by atomic mass is 16.5. The Morgan fingerprint density at radius 2 is 1.21 bits per heavy atom. The summed E-state index contributed by atoms with van der Waals surface area (Å²) in [7, 11) is 3.01. The Morgan fingerprint density at radius 3 is 1.58 bits per heavy atom. The molecule has 0 aliphatic carbocycles. The van der Waals surface area contributed by atoms with E-state index in [4.69, 9.17) is 18.9 Å². The number of hydrogen-bond acceptors (Lipinski definition) is 7. The van der Waals surface area contributed by atoms with Gasteiger partial charge in [0.05, 0.1) is 33.0 Å². The van der Waals surface area contributed by atoms with Crippen molar-refractivity contribution in [1.29, 1.82) is 0 Å². The summed E-state index contributed by atoms with van der Waals surface area (Å²) in [6.07, 6.45) is 1.39. The molecule has 0 atom stereocenters. The maximum Gasteiger partial charge on any atom is 0.340 e. The maximum atomic E-state index is 12.4. The van der Waals surface area contributed by atoms with E-state index in [1.807, 2.05) is 0 Å². The van der Waals surface area contributed by atoms with E-state index in [0.29, 0.717) is 13.2 Å². The van der Waals surface area contributed by atoms with Crippen LogP contribution in [0.25, 0.3) is 0 Å². The summed E-state index contributed by atoms with van der Waals surface area (Å²) in [6.45, 7) is 3.91. The van der Waals surface area contributed by atoms with E-state index in [1.54, 1.807) is 0 Å². The fraction of sp³-hybridized carbons (Fsp3) is 0.643. The smallest absolute Gasteiger partial charge is 0.340 e. The molecular weight excluding hydrogens is 322 g/mol. The van der Waals surface area contributed by atoms with E-state index in [-0.39, 0.29) is 33.2 Å². The molecule has 10 nitrogen and oxygen atoms in total. The van der Waals surface area contributed by atoms with Gasteiger partial charge in [-0.25, -0.2) is 28.1 Å². The van der Waals surface area contributed by atoms with Crippen molar-refractivity contribution in [3.63, 3.8) is 0 Å². The quantitative estimate of drug-likeness (QED) is 0.339. The minimum Gasteiger partial charge on any atom is -0.382 e. The zero-order chi connectivity index (χ0) is 17.9. The molecule has 1 aromatic heterocycles. The standard InChI is InChI=1S/C14H23N3O7/c1-4-5-15-12(18)16(10-23-8-6-21-2)14(20)17(13(15)19)11-24-9-7-22-3/h4H,1,5-11H2,2-3H3. The monoisotopic (exact) mass is 345 g/mol. The van der Waals surface area contributed by atoms with E-state index >= 15 is 0 Å². The van der Waals surface area contributed by atoms with Crippen LogP contribution in [-0.4, -0.2) is 54.3 Å². The van der Waals surface area contributed by atoms with Crippen LogP contribution in [0.5, 0.6) is 0 Å². The lowest BCUT2D eigenvalue weighted by molar-refractivity contribution is 0.0164. The minimum atomic E-state index is -0.805. The van der Waals surface area contributed by atoms with Crippen molar-refractivity contribution >= 4 is 0 Å². The van der Waals surface area contributed by atoms with Crippen molar-refractivity contribution in [2.45, 2.75) is 20.0 Å². The minimum absolute atomic E-state index is 0.0336. The molecule has 10 heteroatoms. The van der Waals surface area contributed by atoms with Crippen molar-refractivity contribution in [3.05, 3.63) is 44.1 Å². The van der Waals surface area contributed by atoms with Crippen molar-refractivity contribution < 1.29 is 18.9 Å². The zero-order valence-electron chi connectivity index (χ0n) is 13.9. The van der Waals surface area contributed by atoms with Crippen LogP contribution in [0.4, 0.5) is 0 Å². The molecule has 0 unspecified atom stereocenters. The van der Waals surface area contributed by atoms with Crippen molar-refractivity contribution in [2.24, 2.45) is 0 Å². The lowest BCUT2D eigenvalue weighted by Crippen LogP contribution is -2.55. The first-order chi connectivity index (χ1) is 11.6. The number of ether oxygens (including phenoxy) is 4. The molecule has 24 heavy (non-hydrogen) atoms. The fourth-order valence-corrected chi connectivity index (χ4v) is 1.78. The Balaban J connectivity index is 3.14. The van der Waals surface area contributed by atoms with E-state index in [1.165, 1.54) is 20.3 Å². The average molecular weight is 345 g/mol. The van der Waals surface area contributed by atoms with Gasteiger partial charge in [0.1, 0.15) is 13.5 Å². The third kappa shape index (κ3) is 5.27. The zero-order valence-corrected chi connectivity index (χ0v) is 13.9. The molecule has 0 amide bonds. The summed E-state index contributed by atoms with van der Waals surface area (Å²) in [5.41, 5.74) is -2.34.